The van der Waals surface area contributed by atoms with Gasteiger partial charge in [0, 0.05) is 0 Å². The van der Waals surface area contributed by atoms with Gasteiger partial charge < -0.3 is 4.74 Å². The number of ether oxygens (including phenoxy) is 1. The van der Waals surface area contributed by atoms with E-state index < -0.39 is 32.5 Å². The van der Waals surface area contributed by atoms with Crippen LogP contribution in [0, 0.1) is 34.6 Å². The predicted molar refractivity (Wildman–Crippen MR) is 118 cm³/mol. The molecule has 3 aromatic rings. The molecule has 3 rings (SSSR count). The minimum absolute atomic E-state index is 0.0404. The summed E-state index contributed by atoms with van der Waals surface area (Å²) >= 11 is 0. The Morgan fingerprint density at radius 2 is 1.12 bits per heavy atom. The summed E-state index contributed by atoms with van der Waals surface area (Å²) in [4.78, 5) is -2.17. The Kier molecular flexibility index (Phi) is 5.41. The Morgan fingerprint density at radius 1 is 0.667 bits per heavy atom. The lowest BCUT2D eigenvalue weighted by Gasteiger charge is -2.40. The molecule has 0 aliphatic rings. The smallest absolute Gasteiger partial charge is 0.427 e. The minimum Gasteiger partial charge on any atom is -0.429 e. The van der Waals surface area contributed by atoms with Gasteiger partial charge in [-0.2, -0.15) is 8.78 Å². The molecule has 0 bridgehead atoms. The van der Waals surface area contributed by atoms with Crippen LogP contribution in [-0.4, -0.2) is 0 Å². The molecule has 0 unspecified atom stereocenters. The molecule has 0 aliphatic heterocycles. The molecule has 0 spiro atoms. The highest BCUT2D eigenvalue weighted by Gasteiger charge is 2.65. The van der Waals surface area contributed by atoms with Crippen LogP contribution in [-0.2, 0) is 6.11 Å². The van der Waals surface area contributed by atoms with Crippen LogP contribution in [0.1, 0.15) is 33.4 Å². The van der Waals surface area contributed by atoms with E-state index in [2.05, 4.69) is 4.74 Å². The van der Waals surface area contributed by atoms with E-state index in [0.29, 0.717) is 12.1 Å². The highest BCUT2D eigenvalue weighted by molar-refractivity contribution is 8.45. The van der Waals surface area contributed by atoms with Gasteiger partial charge in [0.25, 0.3) is 0 Å². The van der Waals surface area contributed by atoms with Crippen molar-refractivity contribution in [2.24, 2.45) is 0 Å². The van der Waals surface area contributed by atoms with Crippen molar-refractivity contribution in [3.63, 3.8) is 0 Å². The molecule has 0 saturated heterocycles. The molecular weight excluding hydrogens is 469 g/mol. The van der Waals surface area contributed by atoms with Crippen LogP contribution in [0.2, 0.25) is 0 Å². The number of alkyl halides is 2. The monoisotopic (exact) mass is 492 g/mol. The molecule has 0 heterocycles. The molecule has 0 atom stereocenters. The Hall–Kier alpha value is -2.68. The van der Waals surface area contributed by atoms with Crippen LogP contribution in [0.3, 0.4) is 0 Å². The molecule has 0 aromatic heterocycles. The minimum atomic E-state index is -9.90. The summed E-state index contributed by atoms with van der Waals surface area (Å²) in [6, 6.07) is 8.18. The van der Waals surface area contributed by atoms with Gasteiger partial charge in [-0.3, -0.25) is 0 Å². The maximum absolute atomic E-state index is 15.0. The Labute approximate surface area is 187 Å². The summed E-state index contributed by atoms with van der Waals surface area (Å²) in [7, 11) is -9.90. The molecule has 0 amide bonds. The summed E-state index contributed by atoms with van der Waals surface area (Å²) in [6.45, 7) is 8.80. The molecule has 0 fully saturated rings. The first-order valence-corrected chi connectivity index (χ1v) is 11.8. The lowest BCUT2D eigenvalue weighted by Crippen LogP contribution is -2.24. The topological polar surface area (TPSA) is 9.23 Å². The lowest BCUT2D eigenvalue weighted by atomic mass is 9.89. The molecule has 0 aliphatic carbocycles. The number of hydrogen-bond donors (Lipinski definition) is 0. The Bertz CT molecular complexity index is 1190. The summed E-state index contributed by atoms with van der Waals surface area (Å²) in [5.74, 6) is -0.668. The van der Waals surface area contributed by atoms with E-state index >= 15 is 8.78 Å². The largest absolute Gasteiger partial charge is 0.429 e. The van der Waals surface area contributed by atoms with Crippen molar-refractivity contribution in [3.05, 3.63) is 81.9 Å². The van der Waals surface area contributed by atoms with Crippen molar-refractivity contribution in [1.82, 2.24) is 0 Å². The zero-order chi connectivity index (χ0) is 25.0. The van der Waals surface area contributed by atoms with Crippen LogP contribution < -0.4 is 4.74 Å². The van der Waals surface area contributed by atoms with Crippen molar-refractivity contribution in [1.29, 1.82) is 0 Å². The molecule has 1 nitrogen and oxygen atoms in total. The molecule has 3 aromatic carbocycles. The van der Waals surface area contributed by atoms with Crippen LogP contribution in [0.5, 0.6) is 5.75 Å². The molecule has 33 heavy (non-hydrogen) atoms. The number of hydrogen-bond acceptors (Lipinski definition) is 1. The van der Waals surface area contributed by atoms with E-state index in [9.17, 15) is 19.4 Å². The van der Waals surface area contributed by atoms with Crippen molar-refractivity contribution in [3.8, 4) is 16.9 Å². The van der Waals surface area contributed by atoms with E-state index in [1.165, 1.54) is 13.8 Å². The van der Waals surface area contributed by atoms with Crippen LogP contribution in [0.15, 0.2) is 53.4 Å². The van der Waals surface area contributed by atoms with Gasteiger partial charge in [-0.25, -0.2) is 0 Å². The van der Waals surface area contributed by atoms with Gasteiger partial charge in [0.15, 0.2) is 0 Å². The number of halogens is 7. The SMILES string of the molecule is Cc1cc(C)c(-c2cc(C)c(C(F)(F)Oc3ccc(S(F)(F)(F)(F)F)cc3)c(C)c2)c(C)c1. The van der Waals surface area contributed by atoms with Crippen molar-refractivity contribution in [2.45, 2.75) is 45.6 Å². The maximum atomic E-state index is 15.0. The summed E-state index contributed by atoms with van der Waals surface area (Å²) in [5.41, 5.74) is 4.74. The average Bonchev–Trinajstić information content (AvgIpc) is 2.58. The third-order valence-corrected chi connectivity index (χ3v) is 6.47. The Balaban J connectivity index is 1.98. The van der Waals surface area contributed by atoms with Crippen LogP contribution in [0.4, 0.5) is 28.2 Å². The van der Waals surface area contributed by atoms with Gasteiger partial charge in [0.05, 0.1) is 5.56 Å². The lowest BCUT2D eigenvalue weighted by molar-refractivity contribution is -0.186. The van der Waals surface area contributed by atoms with Crippen molar-refractivity contribution < 1.29 is 32.9 Å². The summed E-state index contributed by atoms with van der Waals surface area (Å²) in [5, 5.41) is 0. The standard InChI is InChI=1S/C24H23F7OS/c1-14-10-15(2)22(16(3)11-14)19-12-17(4)23(18(5)13-19)24(25,26)32-20-6-8-21(9-7-20)33(27,28,29,30)31/h6-13H,1-5H3. The van der Waals surface area contributed by atoms with E-state index in [-0.39, 0.29) is 23.3 Å². The molecular formula is C24H23F7OS. The quantitative estimate of drug-likeness (QED) is 0.322. The zero-order valence-corrected chi connectivity index (χ0v) is 19.4. The van der Waals surface area contributed by atoms with Gasteiger partial charge in [0.2, 0.25) is 0 Å². The summed E-state index contributed by atoms with van der Waals surface area (Å²) in [6.07, 6.45) is -3.90. The van der Waals surface area contributed by atoms with E-state index in [1.54, 1.807) is 12.1 Å². The van der Waals surface area contributed by atoms with Crippen molar-refractivity contribution in [2.75, 3.05) is 0 Å². The predicted octanol–water partition coefficient (Wildman–Crippen LogP) is 9.68. The molecule has 0 saturated carbocycles. The van der Waals surface area contributed by atoms with E-state index in [1.807, 2.05) is 32.9 Å². The van der Waals surface area contributed by atoms with Crippen LogP contribution in [0.25, 0.3) is 11.1 Å². The highest BCUT2D eigenvalue weighted by Crippen LogP contribution is 3.02. The third kappa shape index (κ3) is 5.29. The number of rotatable bonds is 5. The first kappa shape index (κ1) is 25.0. The van der Waals surface area contributed by atoms with E-state index in [0.717, 1.165) is 27.8 Å². The normalized spacial score (nSPS) is 14.5. The van der Waals surface area contributed by atoms with Gasteiger partial charge in [0.1, 0.15) is 10.6 Å². The molecule has 0 radical (unpaired) electrons. The first-order chi connectivity index (χ1) is 14.8. The second-order valence-electron chi connectivity index (χ2n) is 8.32. The van der Waals surface area contributed by atoms with Gasteiger partial charge in [-0.05, 0) is 92.3 Å². The zero-order valence-electron chi connectivity index (χ0n) is 18.6. The van der Waals surface area contributed by atoms with Crippen LogP contribution >= 0.6 is 10.2 Å². The second-order valence-corrected chi connectivity index (χ2v) is 10.7. The van der Waals surface area contributed by atoms with E-state index in [4.69, 9.17) is 0 Å². The molecule has 9 heteroatoms. The van der Waals surface area contributed by atoms with Gasteiger partial charge >= 0.3 is 16.3 Å². The fourth-order valence-corrected chi connectivity index (χ4v) is 4.82. The number of aryl methyl sites for hydroxylation is 5. The molecule has 0 N–H and O–H groups in total. The Morgan fingerprint density at radius 3 is 1.55 bits per heavy atom. The second kappa shape index (κ2) is 7.16. The average molecular weight is 493 g/mol. The number of benzene rings is 3. The van der Waals surface area contributed by atoms with Gasteiger partial charge in [-0.15, -0.1) is 0 Å². The summed E-state index contributed by atoms with van der Waals surface area (Å²) < 4.78 is 99.0. The first-order valence-electron chi connectivity index (χ1n) is 9.89. The van der Waals surface area contributed by atoms with Gasteiger partial charge in [-0.1, -0.05) is 49.3 Å². The third-order valence-electron chi connectivity index (χ3n) is 5.30. The fourth-order valence-electron chi connectivity index (χ4n) is 4.17. The highest BCUT2D eigenvalue weighted by atomic mass is 32.5. The fraction of sp³-hybridized carbons (Fsp3) is 0.250. The maximum Gasteiger partial charge on any atom is 0.427 e. The molecule has 180 valence electrons. The van der Waals surface area contributed by atoms with Crippen molar-refractivity contribution >= 4 is 10.2 Å².